The summed E-state index contributed by atoms with van der Waals surface area (Å²) in [4.78, 5) is 51.8. The Labute approximate surface area is 320 Å². The molecule has 292 valence electrons. The minimum atomic E-state index is -1.45. The molecule has 3 aromatic carbocycles. The summed E-state index contributed by atoms with van der Waals surface area (Å²) in [5, 5.41) is 21.7. The summed E-state index contributed by atoms with van der Waals surface area (Å²) in [7, 11) is 0. The first-order valence-corrected chi connectivity index (χ1v) is 18.4. The van der Waals surface area contributed by atoms with Crippen LogP contribution in [0.5, 0.6) is 0 Å². The van der Waals surface area contributed by atoms with E-state index in [-0.39, 0.29) is 44.9 Å². The molecule has 0 radical (unpaired) electrons. The zero-order valence-corrected chi connectivity index (χ0v) is 30.3. The Morgan fingerprint density at radius 2 is 1.48 bits per heavy atom. The highest BCUT2D eigenvalue weighted by Crippen LogP contribution is 2.54. The molecular formula is C39H35ClF4N6O6. The first kappa shape index (κ1) is 37.5. The first-order chi connectivity index (χ1) is 26.7. The van der Waals surface area contributed by atoms with Gasteiger partial charge in [-0.25, -0.2) is 27.2 Å². The molecule has 3 atom stereocenters. The van der Waals surface area contributed by atoms with Crippen molar-refractivity contribution in [1.82, 2.24) is 14.5 Å². The van der Waals surface area contributed by atoms with Gasteiger partial charge in [-0.15, -0.1) is 0 Å². The van der Waals surface area contributed by atoms with Crippen molar-refractivity contribution in [3.05, 3.63) is 109 Å². The number of alkyl halides is 1. The monoisotopic (exact) mass is 794 g/mol. The van der Waals surface area contributed by atoms with E-state index in [2.05, 4.69) is 5.32 Å². The van der Waals surface area contributed by atoms with Gasteiger partial charge in [-0.3, -0.25) is 9.59 Å². The molecule has 17 heteroatoms. The molecule has 2 saturated heterocycles. The number of benzene rings is 3. The molecule has 0 bridgehead atoms. The van der Waals surface area contributed by atoms with Crippen molar-refractivity contribution in [2.24, 2.45) is 11.1 Å². The van der Waals surface area contributed by atoms with E-state index in [0.717, 1.165) is 31.2 Å². The number of halogens is 5. The number of piperazine rings is 1. The van der Waals surface area contributed by atoms with Crippen LogP contribution in [0.25, 0.3) is 27.5 Å². The highest BCUT2D eigenvalue weighted by Gasteiger charge is 2.54. The largest absolute Gasteiger partial charge is 0.477 e. The smallest absolute Gasteiger partial charge is 0.341 e. The second-order valence-corrected chi connectivity index (χ2v) is 15.1. The fourth-order valence-corrected chi connectivity index (χ4v) is 8.29. The molecule has 9 rings (SSSR count). The van der Waals surface area contributed by atoms with Gasteiger partial charge in [0.1, 0.15) is 34.8 Å². The van der Waals surface area contributed by atoms with Crippen molar-refractivity contribution in [2.75, 3.05) is 49.1 Å². The molecule has 4 heterocycles. The normalized spacial score (nSPS) is 21.0. The molecule has 2 aromatic heterocycles. The highest BCUT2D eigenvalue weighted by molar-refractivity contribution is 6.38. The van der Waals surface area contributed by atoms with Crippen molar-refractivity contribution in [3.63, 3.8) is 0 Å². The Hall–Kier alpha value is -5.45. The third-order valence-electron chi connectivity index (χ3n) is 11.2. The van der Waals surface area contributed by atoms with Gasteiger partial charge in [-0.1, -0.05) is 11.6 Å². The number of nitrogens with one attached hydrogen (secondary N) is 1. The number of pyridine rings is 2. The third-order valence-corrected chi connectivity index (χ3v) is 11.6. The predicted octanol–water partition coefficient (Wildman–Crippen LogP) is 5.08. The van der Waals surface area contributed by atoms with Crippen LogP contribution in [0, 0.1) is 22.9 Å². The number of nitrogens with zero attached hydrogens (tertiary/aromatic N) is 4. The van der Waals surface area contributed by atoms with Crippen molar-refractivity contribution in [3.8, 4) is 5.69 Å². The number of hydrogen-bond acceptors (Lipinski definition) is 8. The van der Waals surface area contributed by atoms with Gasteiger partial charge in [-0.05, 0) is 55.3 Å². The Kier molecular flexibility index (Phi) is 9.32. The number of hydrogen-bond donors (Lipinski definition) is 4. The van der Waals surface area contributed by atoms with E-state index in [1.54, 1.807) is 11.0 Å². The zero-order valence-electron chi connectivity index (χ0n) is 29.6. The summed E-state index contributed by atoms with van der Waals surface area (Å²) in [5.74, 6) is -4.59. The molecule has 0 amide bonds. The van der Waals surface area contributed by atoms with Crippen LogP contribution in [-0.2, 0) is 0 Å². The minimum absolute atomic E-state index is 0.00645. The third kappa shape index (κ3) is 6.44. The van der Waals surface area contributed by atoms with E-state index < -0.39 is 63.6 Å². The number of fused-ring (bicyclic) bond motifs is 2. The molecule has 2 aliphatic heterocycles. The van der Waals surface area contributed by atoms with E-state index in [0.29, 0.717) is 56.2 Å². The maximum atomic E-state index is 15.0. The lowest BCUT2D eigenvalue weighted by atomic mass is 10.0. The van der Waals surface area contributed by atoms with Crippen LogP contribution in [0.3, 0.4) is 0 Å². The molecule has 4 aliphatic rings. The summed E-state index contributed by atoms with van der Waals surface area (Å²) in [6.45, 7) is 3.64. The van der Waals surface area contributed by atoms with Crippen molar-refractivity contribution >= 4 is 56.7 Å². The Morgan fingerprint density at radius 1 is 0.875 bits per heavy atom. The summed E-state index contributed by atoms with van der Waals surface area (Å²) in [6.07, 6.45) is 3.30. The van der Waals surface area contributed by atoms with Crippen LogP contribution in [0.1, 0.15) is 46.0 Å². The van der Waals surface area contributed by atoms with E-state index in [9.17, 15) is 42.6 Å². The molecule has 4 fully saturated rings. The van der Waals surface area contributed by atoms with E-state index >= 15 is 4.39 Å². The van der Waals surface area contributed by atoms with Gasteiger partial charge in [-0.2, -0.15) is 0 Å². The van der Waals surface area contributed by atoms with Crippen LogP contribution >= 0.6 is 11.6 Å². The first-order valence-electron chi connectivity index (χ1n) is 18.0. The van der Waals surface area contributed by atoms with Gasteiger partial charge in [0.05, 0.1) is 38.9 Å². The van der Waals surface area contributed by atoms with Gasteiger partial charge in [0.25, 0.3) is 0 Å². The van der Waals surface area contributed by atoms with Gasteiger partial charge >= 0.3 is 11.9 Å². The lowest BCUT2D eigenvalue weighted by Crippen LogP contribution is -2.43. The molecule has 0 unspecified atom stereocenters. The van der Waals surface area contributed by atoms with Crippen molar-refractivity contribution in [1.29, 1.82) is 0 Å². The zero-order chi connectivity index (χ0) is 39.8. The summed E-state index contributed by atoms with van der Waals surface area (Å²) in [6, 6.07) is 8.36. The lowest BCUT2D eigenvalue weighted by molar-refractivity contribution is 0.0684. The minimum Gasteiger partial charge on any atom is -0.477 e. The van der Waals surface area contributed by atoms with Crippen molar-refractivity contribution < 1.29 is 37.4 Å². The fraction of sp³-hybridized carbons (Fsp3) is 0.333. The second kappa shape index (κ2) is 13.9. The summed E-state index contributed by atoms with van der Waals surface area (Å²) in [5.41, 5.74) is 5.07. The second-order valence-electron chi connectivity index (χ2n) is 14.8. The molecule has 2 aliphatic carbocycles. The van der Waals surface area contributed by atoms with Crippen LogP contribution in [0.4, 0.5) is 28.9 Å². The number of carboxylic acid groups (broad SMARTS) is 2. The van der Waals surface area contributed by atoms with Crippen LogP contribution in [0.2, 0.25) is 5.02 Å². The number of carboxylic acids is 2. The number of aromatic carboxylic acids is 2. The summed E-state index contributed by atoms with van der Waals surface area (Å²) < 4.78 is 59.8. The lowest BCUT2D eigenvalue weighted by Gasteiger charge is -2.30. The van der Waals surface area contributed by atoms with E-state index in [1.807, 2.05) is 4.90 Å². The number of anilines is 2. The molecular weight excluding hydrogens is 760 g/mol. The van der Waals surface area contributed by atoms with Gasteiger partial charge < -0.3 is 40.2 Å². The predicted molar refractivity (Wildman–Crippen MR) is 202 cm³/mol. The van der Waals surface area contributed by atoms with E-state index in [1.165, 1.54) is 39.6 Å². The molecule has 5 aromatic rings. The molecule has 2 saturated carbocycles. The maximum absolute atomic E-state index is 15.0. The highest BCUT2D eigenvalue weighted by atomic mass is 35.5. The number of carbonyl (C=O) groups is 2. The summed E-state index contributed by atoms with van der Waals surface area (Å²) >= 11 is 6.56. The number of rotatable bonds is 6. The standard InChI is InChI=1S/C20H17F2N3O3.C19H18ClF2N3O3/c21-12-1-3-13(4-2-12)25-11-15(20(27)28)19(26)14-9-16(22)18(10-17(14)25)24-7-5-23-6-8-24;20-14-15-8(17(26)9(18(27)28)5-25(15)12-4-10(12)21)3-11(22)16(14)24-6-13(23)19(7-24)1-2-19/h1-4,9-11,23H,5-8H2,(H,27,28);3,5,10,12-13H,1-2,4,6-7,23H2,(H,27,28)/t;10-,12+,13+/m.0/s1. The van der Waals surface area contributed by atoms with Crippen molar-refractivity contribution in [2.45, 2.75) is 37.5 Å². The number of aromatic nitrogens is 2. The van der Waals surface area contributed by atoms with Crippen LogP contribution < -0.4 is 31.7 Å². The van der Waals surface area contributed by atoms with Crippen LogP contribution in [-0.4, -0.2) is 82.8 Å². The topological polar surface area (TPSA) is 163 Å². The Balaban J connectivity index is 0.000000157. The molecule has 56 heavy (non-hydrogen) atoms. The molecule has 1 spiro atoms. The molecule has 5 N–H and O–H groups in total. The Bertz CT molecular complexity index is 2570. The maximum Gasteiger partial charge on any atom is 0.341 e. The average Bonchev–Trinajstić information content (AvgIpc) is 4.08. The molecule has 12 nitrogen and oxygen atoms in total. The fourth-order valence-electron chi connectivity index (χ4n) is 7.88. The van der Waals surface area contributed by atoms with Gasteiger partial charge in [0.2, 0.25) is 10.9 Å². The van der Waals surface area contributed by atoms with E-state index in [4.69, 9.17) is 17.3 Å². The van der Waals surface area contributed by atoms with Gasteiger partial charge in [0, 0.05) is 80.6 Å². The quantitative estimate of drug-likeness (QED) is 0.171. The Morgan fingerprint density at radius 3 is 2.07 bits per heavy atom. The SMILES string of the molecule is N[C@@H]1CN(c2c(F)cc3c(=O)c(C(=O)O)cn([C@@H]4C[C@@H]4F)c3c2Cl)CC12CC2.O=C(O)c1cn(-c2ccc(F)cc2)c2cc(N3CCNCC3)c(F)cc2c1=O. The van der Waals surface area contributed by atoms with Crippen LogP contribution in [0.15, 0.2) is 64.4 Å². The number of nitrogens with two attached hydrogens (primary N) is 1. The average molecular weight is 795 g/mol. The van der Waals surface area contributed by atoms with Gasteiger partial charge in [0.15, 0.2) is 0 Å².